The molecule has 0 fully saturated rings. The predicted molar refractivity (Wildman–Crippen MR) is 82.2 cm³/mol. The highest BCUT2D eigenvalue weighted by Crippen LogP contribution is 2.38. The summed E-state index contributed by atoms with van der Waals surface area (Å²) in [5, 5.41) is 11.0. The minimum atomic E-state index is -1.33. The Morgan fingerprint density at radius 2 is 1.90 bits per heavy atom. The van der Waals surface area contributed by atoms with E-state index in [-0.39, 0.29) is 5.97 Å². The summed E-state index contributed by atoms with van der Waals surface area (Å²) in [6, 6.07) is 7.29. The van der Waals surface area contributed by atoms with Crippen molar-refractivity contribution < 1.29 is 19.4 Å². The minimum absolute atomic E-state index is 0.308. The number of hydrogen-bond acceptors (Lipinski definition) is 4. The number of carbonyl (C=O) groups is 1. The molecular weight excluding hydrogens is 268 g/mol. The molecule has 118 valence electrons. The first kappa shape index (κ1) is 17.5. The second-order valence-corrected chi connectivity index (χ2v) is 5.17. The number of hydrogen-bond donors (Lipinski definition) is 1. The maximum absolute atomic E-state index is 12.2. The highest BCUT2D eigenvalue weighted by molar-refractivity contribution is 5.74. The molecule has 21 heavy (non-hydrogen) atoms. The monoisotopic (exact) mass is 294 g/mol. The summed E-state index contributed by atoms with van der Waals surface area (Å²) < 4.78 is 10.7. The molecule has 1 aromatic rings. The van der Waals surface area contributed by atoms with Crippen LogP contribution in [0, 0.1) is 5.92 Å². The summed E-state index contributed by atoms with van der Waals surface area (Å²) in [6.45, 7) is 8.11. The van der Waals surface area contributed by atoms with Crippen LogP contribution in [0.15, 0.2) is 24.3 Å². The number of rotatable bonds is 8. The fourth-order valence-electron chi connectivity index (χ4n) is 2.51. The van der Waals surface area contributed by atoms with Crippen LogP contribution in [0.3, 0.4) is 0 Å². The fourth-order valence-corrected chi connectivity index (χ4v) is 2.51. The smallest absolute Gasteiger partial charge is 0.312 e. The van der Waals surface area contributed by atoms with Crippen LogP contribution < -0.4 is 4.74 Å². The standard InChI is InChI=1S/C17H26O4/c1-5-10-14(16(18)21-7-3)17(4,19)13-11-8-9-12-15(13)20-6-2/h8-9,11-12,14,19H,5-7,10H2,1-4H3. The van der Waals surface area contributed by atoms with Crippen molar-refractivity contribution in [1.82, 2.24) is 0 Å². The van der Waals surface area contributed by atoms with Crippen LogP contribution in [-0.4, -0.2) is 24.3 Å². The van der Waals surface area contributed by atoms with Gasteiger partial charge in [0.15, 0.2) is 0 Å². The van der Waals surface area contributed by atoms with Crippen molar-refractivity contribution in [3.63, 3.8) is 0 Å². The predicted octanol–water partition coefficient (Wildman–Crippen LogP) is 3.27. The van der Waals surface area contributed by atoms with Crippen molar-refractivity contribution >= 4 is 5.97 Å². The fraction of sp³-hybridized carbons (Fsp3) is 0.588. The third-order valence-electron chi connectivity index (χ3n) is 3.56. The summed E-state index contributed by atoms with van der Waals surface area (Å²) in [5.41, 5.74) is -0.702. The zero-order chi connectivity index (χ0) is 15.9. The molecule has 0 aliphatic heterocycles. The topological polar surface area (TPSA) is 55.8 Å². The van der Waals surface area contributed by atoms with E-state index in [1.54, 1.807) is 19.9 Å². The lowest BCUT2D eigenvalue weighted by atomic mass is 9.80. The van der Waals surface area contributed by atoms with Gasteiger partial charge in [-0.1, -0.05) is 31.5 Å². The zero-order valence-electron chi connectivity index (χ0n) is 13.4. The molecule has 0 saturated heterocycles. The van der Waals surface area contributed by atoms with Crippen molar-refractivity contribution in [2.24, 2.45) is 5.92 Å². The molecule has 0 aliphatic carbocycles. The van der Waals surface area contributed by atoms with Crippen LogP contribution in [0.2, 0.25) is 0 Å². The molecule has 0 aliphatic rings. The average molecular weight is 294 g/mol. The van der Waals surface area contributed by atoms with E-state index in [0.29, 0.717) is 30.9 Å². The van der Waals surface area contributed by atoms with E-state index in [9.17, 15) is 9.90 Å². The van der Waals surface area contributed by atoms with E-state index < -0.39 is 11.5 Å². The lowest BCUT2D eigenvalue weighted by Crippen LogP contribution is -2.38. The number of para-hydroxylation sites is 1. The molecule has 2 atom stereocenters. The molecule has 0 saturated carbocycles. The minimum Gasteiger partial charge on any atom is -0.493 e. The Kier molecular flexibility index (Phi) is 6.69. The van der Waals surface area contributed by atoms with E-state index in [4.69, 9.17) is 9.47 Å². The highest BCUT2D eigenvalue weighted by atomic mass is 16.5. The van der Waals surface area contributed by atoms with Crippen molar-refractivity contribution in [1.29, 1.82) is 0 Å². The van der Waals surface area contributed by atoms with Gasteiger partial charge in [-0.3, -0.25) is 4.79 Å². The van der Waals surface area contributed by atoms with E-state index in [0.717, 1.165) is 6.42 Å². The van der Waals surface area contributed by atoms with Crippen LogP contribution in [0.25, 0.3) is 0 Å². The average Bonchev–Trinajstić information content (AvgIpc) is 2.45. The highest BCUT2D eigenvalue weighted by Gasteiger charge is 2.41. The van der Waals surface area contributed by atoms with Gasteiger partial charge in [0.05, 0.1) is 19.1 Å². The normalized spacial score (nSPS) is 15.1. The van der Waals surface area contributed by atoms with Crippen LogP contribution in [0.5, 0.6) is 5.75 Å². The van der Waals surface area contributed by atoms with Gasteiger partial charge in [0.2, 0.25) is 0 Å². The van der Waals surface area contributed by atoms with Crippen molar-refractivity contribution in [3.8, 4) is 5.75 Å². The molecule has 0 radical (unpaired) electrons. The Morgan fingerprint density at radius 1 is 1.24 bits per heavy atom. The molecule has 2 unspecified atom stereocenters. The van der Waals surface area contributed by atoms with Crippen molar-refractivity contribution in [3.05, 3.63) is 29.8 Å². The Labute approximate surface area is 127 Å². The first-order chi connectivity index (χ1) is 9.98. The summed E-state index contributed by atoms with van der Waals surface area (Å²) >= 11 is 0. The molecule has 1 aromatic carbocycles. The quantitative estimate of drug-likeness (QED) is 0.748. The molecule has 0 amide bonds. The van der Waals surface area contributed by atoms with Gasteiger partial charge < -0.3 is 14.6 Å². The van der Waals surface area contributed by atoms with Gasteiger partial charge in [0.1, 0.15) is 11.4 Å². The Morgan fingerprint density at radius 3 is 2.48 bits per heavy atom. The van der Waals surface area contributed by atoms with Crippen LogP contribution in [-0.2, 0) is 15.1 Å². The molecule has 0 aromatic heterocycles. The molecule has 4 heteroatoms. The maximum atomic E-state index is 12.2. The van der Waals surface area contributed by atoms with Crippen LogP contribution in [0.1, 0.15) is 46.1 Å². The molecule has 0 bridgehead atoms. The van der Waals surface area contributed by atoms with Gasteiger partial charge in [0.25, 0.3) is 0 Å². The third kappa shape index (κ3) is 4.21. The Hall–Kier alpha value is -1.55. The van der Waals surface area contributed by atoms with Crippen molar-refractivity contribution in [2.75, 3.05) is 13.2 Å². The lowest BCUT2D eigenvalue weighted by Gasteiger charge is -2.32. The summed E-state index contributed by atoms with van der Waals surface area (Å²) in [7, 11) is 0. The molecule has 1 N–H and O–H groups in total. The molecule has 0 spiro atoms. The molecular formula is C17H26O4. The van der Waals surface area contributed by atoms with Crippen LogP contribution >= 0.6 is 0 Å². The number of esters is 1. The second kappa shape index (κ2) is 8.03. The molecule has 0 heterocycles. The molecule has 4 nitrogen and oxygen atoms in total. The van der Waals surface area contributed by atoms with Gasteiger partial charge in [-0.2, -0.15) is 0 Å². The van der Waals surface area contributed by atoms with Crippen molar-refractivity contribution in [2.45, 2.75) is 46.1 Å². The Balaban J connectivity index is 3.18. The summed E-state index contributed by atoms with van der Waals surface area (Å²) in [4.78, 5) is 12.2. The number of ether oxygens (including phenoxy) is 2. The van der Waals surface area contributed by atoms with Gasteiger partial charge in [0, 0.05) is 5.56 Å². The van der Waals surface area contributed by atoms with E-state index in [2.05, 4.69) is 0 Å². The maximum Gasteiger partial charge on any atom is 0.312 e. The van der Waals surface area contributed by atoms with E-state index in [1.807, 2.05) is 32.0 Å². The molecule has 1 rings (SSSR count). The number of carbonyl (C=O) groups excluding carboxylic acids is 1. The summed E-state index contributed by atoms with van der Waals surface area (Å²) in [5.74, 6) is -0.366. The number of benzene rings is 1. The van der Waals surface area contributed by atoms with Gasteiger partial charge >= 0.3 is 5.97 Å². The first-order valence-corrected chi connectivity index (χ1v) is 7.60. The zero-order valence-corrected chi connectivity index (χ0v) is 13.4. The van der Waals surface area contributed by atoms with Gasteiger partial charge in [-0.05, 0) is 33.3 Å². The largest absolute Gasteiger partial charge is 0.493 e. The second-order valence-electron chi connectivity index (χ2n) is 5.17. The van der Waals surface area contributed by atoms with Gasteiger partial charge in [-0.25, -0.2) is 0 Å². The Bertz CT molecular complexity index is 454. The van der Waals surface area contributed by atoms with E-state index in [1.165, 1.54) is 0 Å². The van der Waals surface area contributed by atoms with Gasteiger partial charge in [-0.15, -0.1) is 0 Å². The SMILES string of the molecule is CCCC(C(=O)OCC)C(C)(O)c1ccccc1OCC. The first-order valence-electron chi connectivity index (χ1n) is 7.60. The van der Waals surface area contributed by atoms with E-state index >= 15 is 0 Å². The lowest BCUT2D eigenvalue weighted by molar-refractivity contribution is -0.158. The third-order valence-corrected chi connectivity index (χ3v) is 3.56. The number of aliphatic hydroxyl groups is 1. The summed E-state index contributed by atoms with van der Waals surface area (Å²) in [6.07, 6.45) is 1.35. The van der Waals surface area contributed by atoms with Crippen LogP contribution in [0.4, 0.5) is 0 Å².